The Morgan fingerprint density at radius 1 is 1.18 bits per heavy atom. The van der Waals surface area contributed by atoms with Crippen LogP contribution in [0.15, 0.2) is 41.8 Å². The van der Waals surface area contributed by atoms with E-state index in [1.54, 1.807) is 11.3 Å². The van der Waals surface area contributed by atoms with Crippen molar-refractivity contribution in [1.82, 2.24) is 4.90 Å². The fourth-order valence-corrected chi connectivity index (χ4v) is 3.70. The molecule has 3 rings (SSSR count). The van der Waals surface area contributed by atoms with Crippen LogP contribution in [-0.4, -0.2) is 28.8 Å². The number of non-ortho nitro benzene ring substituents is 1. The van der Waals surface area contributed by atoms with Crippen LogP contribution in [-0.2, 0) is 0 Å². The SMILES string of the molecule is O=C(c1ccc([N+](=O)[O-])cc1)N1CCC(c2cccs2)CC1. The van der Waals surface area contributed by atoms with Crippen molar-refractivity contribution in [2.24, 2.45) is 0 Å². The highest BCUT2D eigenvalue weighted by molar-refractivity contribution is 7.10. The average molecular weight is 316 g/mol. The second-order valence-corrected chi connectivity index (χ2v) is 6.37. The molecular weight excluding hydrogens is 300 g/mol. The Morgan fingerprint density at radius 3 is 2.41 bits per heavy atom. The minimum atomic E-state index is -0.458. The molecule has 1 amide bonds. The summed E-state index contributed by atoms with van der Waals surface area (Å²) in [5, 5.41) is 12.7. The first-order valence-corrected chi connectivity index (χ1v) is 8.10. The number of benzene rings is 1. The highest BCUT2D eigenvalue weighted by Gasteiger charge is 2.25. The fourth-order valence-electron chi connectivity index (χ4n) is 2.80. The molecule has 0 radical (unpaired) electrons. The van der Waals surface area contributed by atoms with E-state index in [-0.39, 0.29) is 11.6 Å². The van der Waals surface area contributed by atoms with Gasteiger partial charge in [0.1, 0.15) is 0 Å². The maximum atomic E-state index is 12.4. The first kappa shape index (κ1) is 14.7. The molecule has 1 fully saturated rings. The molecule has 1 aliphatic heterocycles. The van der Waals surface area contributed by atoms with E-state index in [2.05, 4.69) is 17.5 Å². The molecule has 114 valence electrons. The van der Waals surface area contributed by atoms with Crippen LogP contribution >= 0.6 is 11.3 Å². The first-order valence-electron chi connectivity index (χ1n) is 7.22. The molecule has 2 heterocycles. The van der Waals surface area contributed by atoms with Gasteiger partial charge in [0.2, 0.25) is 0 Å². The quantitative estimate of drug-likeness (QED) is 0.641. The molecule has 6 heteroatoms. The zero-order chi connectivity index (χ0) is 15.5. The summed E-state index contributed by atoms with van der Waals surface area (Å²) < 4.78 is 0. The molecule has 5 nitrogen and oxygen atoms in total. The molecule has 0 aliphatic carbocycles. The maximum absolute atomic E-state index is 12.4. The second kappa shape index (κ2) is 6.27. The lowest BCUT2D eigenvalue weighted by Crippen LogP contribution is -2.37. The van der Waals surface area contributed by atoms with E-state index in [0.29, 0.717) is 11.5 Å². The normalized spacial score (nSPS) is 15.7. The van der Waals surface area contributed by atoms with E-state index < -0.39 is 4.92 Å². The lowest BCUT2D eigenvalue weighted by molar-refractivity contribution is -0.384. The summed E-state index contributed by atoms with van der Waals surface area (Å²) in [5.74, 6) is 0.500. The largest absolute Gasteiger partial charge is 0.339 e. The molecule has 1 aliphatic rings. The third-order valence-corrected chi connectivity index (χ3v) is 5.09. The van der Waals surface area contributed by atoms with Crippen LogP contribution in [0.1, 0.15) is 34.0 Å². The van der Waals surface area contributed by atoms with Gasteiger partial charge in [-0.25, -0.2) is 0 Å². The molecule has 0 bridgehead atoms. The van der Waals surface area contributed by atoms with Gasteiger partial charge < -0.3 is 4.90 Å². The van der Waals surface area contributed by atoms with Gasteiger partial charge >= 0.3 is 0 Å². The van der Waals surface area contributed by atoms with E-state index in [4.69, 9.17) is 0 Å². The van der Waals surface area contributed by atoms with E-state index in [9.17, 15) is 14.9 Å². The summed E-state index contributed by atoms with van der Waals surface area (Å²) in [5.41, 5.74) is 0.521. The van der Waals surface area contributed by atoms with Crippen LogP contribution in [0.25, 0.3) is 0 Å². The van der Waals surface area contributed by atoms with Crippen LogP contribution in [0.3, 0.4) is 0 Å². The van der Waals surface area contributed by atoms with E-state index >= 15 is 0 Å². The molecule has 1 saturated heterocycles. The van der Waals surface area contributed by atoms with Crippen molar-refractivity contribution in [2.45, 2.75) is 18.8 Å². The van der Waals surface area contributed by atoms with Crippen LogP contribution in [0.2, 0.25) is 0 Å². The third kappa shape index (κ3) is 3.01. The standard InChI is InChI=1S/C16H16N2O3S/c19-16(13-3-5-14(6-4-13)18(20)21)17-9-7-12(8-10-17)15-2-1-11-22-15/h1-6,11-12H,7-10H2. The molecule has 0 unspecified atom stereocenters. The summed E-state index contributed by atoms with van der Waals surface area (Å²) in [6, 6.07) is 10.0. The number of likely N-dealkylation sites (tertiary alicyclic amines) is 1. The first-order chi connectivity index (χ1) is 10.6. The lowest BCUT2D eigenvalue weighted by Gasteiger charge is -2.31. The van der Waals surface area contributed by atoms with Crippen LogP contribution < -0.4 is 0 Å². The van der Waals surface area contributed by atoms with Gasteiger partial charge in [-0.05, 0) is 42.3 Å². The van der Waals surface area contributed by atoms with Gasteiger partial charge in [0, 0.05) is 35.7 Å². The molecule has 0 atom stereocenters. The van der Waals surface area contributed by atoms with Crippen LogP contribution in [0, 0.1) is 10.1 Å². The Kier molecular flexibility index (Phi) is 4.20. The zero-order valence-corrected chi connectivity index (χ0v) is 12.8. The Hall–Kier alpha value is -2.21. The third-order valence-electron chi connectivity index (χ3n) is 4.05. The number of nitro groups is 1. The number of carbonyl (C=O) groups is 1. The predicted octanol–water partition coefficient (Wildman–Crippen LogP) is 3.68. The number of rotatable bonds is 3. The molecule has 2 aromatic rings. The highest BCUT2D eigenvalue weighted by atomic mass is 32.1. The van der Waals surface area contributed by atoms with Crippen molar-refractivity contribution in [2.75, 3.05) is 13.1 Å². The number of thiophene rings is 1. The Bertz CT molecular complexity index is 659. The Labute approximate surface area is 132 Å². The number of amides is 1. The summed E-state index contributed by atoms with van der Waals surface area (Å²) in [4.78, 5) is 25.8. The molecule has 0 N–H and O–H groups in total. The van der Waals surface area contributed by atoms with E-state index in [1.165, 1.54) is 29.1 Å². The number of nitro benzene ring substituents is 1. The summed E-state index contributed by atoms with van der Waals surface area (Å²) in [7, 11) is 0. The van der Waals surface area contributed by atoms with Gasteiger partial charge in [0.05, 0.1) is 4.92 Å². The predicted molar refractivity (Wildman–Crippen MR) is 85.3 cm³/mol. The van der Waals surface area contributed by atoms with Gasteiger partial charge in [-0.1, -0.05) is 6.07 Å². The number of nitrogens with zero attached hydrogens (tertiary/aromatic N) is 2. The van der Waals surface area contributed by atoms with E-state index in [0.717, 1.165) is 25.9 Å². The Balaban J connectivity index is 1.63. The smallest absolute Gasteiger partial charge is 0.269 e. The number of hydrogen-bond donors (Lipinski definition) is 0. The van der Waals surface area contributed by atoms with Crippen molar-refractivity contribution in [3.05, 3.63) is 62.3 Å². The Morgan fingerprint density at radius 2 is 1.86 bits per heavy atom. The zero-order valence-electron chi connectivity index (χ0n) is 12.0. The number of carbonyl (C=O) groups excluding carboxylic acids is 1. The second-order valence-electron chi connectivity index (χ2n) is 5.39. The number of piperidine rings is 1. The minimum Gasteiger partial charge on any atom is -0.339 e. The number of hydrogen-bond acceptors (Lipinski definition) is 4. The van der Waals surface area contributed by atoms with Gasteiger partial charge in [-0.15, -0.1) is 11.3 Å². The van der Waals surface area contributed by atoms with Crippen molar-refractivity contribution in [3.63, 3.8) is 0 Å². The van der Waals surface area contributed by atoms with Crippen molar-refractivity contribution >= 4 is 22.9 Å². The van der Waals surface area contributed by atoms with E-state index in [1.807, 2.05) is 4.90 Å². The van der Waals surface area contributed by atoms with Gasteiger partial charge in [-0.3, -0.25) is 14.9 Å². The topological polar surface area (TPSA) is 63.4 Å². The van der Waals surface area contributed by atoms with Crippen LogP contribution in [0.5, 0.6) is 0 Å². The maximum Gasteiger partial charge on any atom is 0.269 e. The van der Waals surface area contributed by atoms with Crippen LogP contribution in [0.4, 0.5) is 5.69 Å². The van der Waals surface area contributed by atoms with Gasteiger partial charge in [0.25, 0.3) is 11.6 Å². The summed E-state index contributed by atoms with van der Waals surface area (Å²) in [6.45, 7) is 1.47. The van der Waals surface area contributed by atoms with Crippen molar-refractivity contribution in [3.8, 4) is 0 Å². The lowest BCUT2D eigenvalue weighted by atomic mass is 9.95. The monoisotopic (exact) mass is 316 g/mol. The molecule has 0 saturated carbocycles. The minimum absolute atomic E-state index is 0.00736. The average Bonchev–Trinajstić information content (AvgIpc) is 3.09. The van der Waals surface area contributed by atoms with Crippen molar-refractivity contribution in [1.29, 1.82) is 0 Å². The summed E-state index contributed by atoms with van der Waals surface area (Å²) >= 11 is 1.77. The molecular formula is C16H16N2O3S. The van der Waals surface area contributed by atoms with Gasteiger partial charge in [0.15, 0.2) is 0 Å². The summed E-state index contributed by atoms with van der Waals surface area (Å²) in [6.07, 6.45) is 1.94. The molecule has 22 heavy (non-hydrogen) atoms. The fraction of sp³-hybridized carbons (Fsp3) is 0.312. The molecule has 0 spiro atoms. The van der Waals surface area contributed by atoms with Gasteiger partial charge in [-0.2, -0.15) is 0 Å². The highest BCUT2D eigenvalue weighted by Crippen LogP contribution is 2.31. The molecule has 1 aromatic heterocycles. The van der Waals surface area contributed by atoms with Crippen molar-refractivity contribution < 1.29 is 9.72 Å². The molecule has 1 aromatic carbocycles.